The largest absolute Gasteiger partial charge is 0.417 e. The molecule has 3 heteroatoms. The van der Waals surface area contributed by atoms with Crippen LogP contribution in [0.1, 0.15) is 78.6 Å². The smallest absolute Gasteiger partial charge is 0.193 e. The number of halogens is 1. The van der Waals surface area contributed by atoms with Gasteiger partial charge in [0, 0.05) is 11.9 Å². The first-order valence-corrected chi connectivity index (χ1v) is 12.6. The summed E-state index contributed by atoms with van der Waals surface area (Å²) in [4.78, 5) is 0. The Labute approximate surface area is 137 Å². The Morgan fingerprint density at radius 3 is 1.75 bits per heavy atom. The fraction of sp³-hybridized carbons (Fsp3) is 1.00. The summed E-state index contributed by atoms with van der Waals surface area (Å²) in [7, 11) is -1.57. The van der Waals surface area contributed by atoms with E-state index in [-0.39, 0.29) is 0 Å². The fourth-order valence-corrected chi connectivity index (χ4v) is 5.49. The zero-order chi connectivity index (χ0) is 15.5. The summed E-state index contributed by atoms with van der Waals surface area (Å²) in [6.07, 6.45) is 12.4. The second-order valence-electron chi connectivity index (χ2n) is 7.20. The van der Waals surface area contributed by atoms with Gasteiger partial charge in [0.15, 0.2) is 8.32 Å². The molecule has 1 nitrogen and oxygen atoms in total. The molecule has 0 aliphatic rings. The minimum atomic E-state index is -1.57. The van der Waals surface area contributed by atoms with Crippen molar-refractivity contribution in [1.82, 2.24) is 0 Å². The van der Waals surface area contributed by atoms with Crippen LogP contribution in [0.3, 0.4) is 0 Å². The first kappa shape index (κ1) is 20.7. The minimum Gasteiger partial charge on any atom is -0.417 e. The van der Waals surface area contributed by atoms with Gasteiger partial charge >= 0.3 is 0 Å². The molecule has 0 heterocycles. The first-order chi connectivity index (χ1) is 9.37. The molecule has 0 unspecified atom stereocenters. The summed E-state index contributed by atoms with van der Waals surface area (Å²) >= 11 is 3.63. The van der Waals surface area contributed by atoms with Crippen molar-refractivity contribution >= 4 is 24.2 Å². The van der Waals surface area contributed by atoms with E-state index in [1.54, 1.807) is 0 Å². The number of hydrogen-bond acceptors (Lipinski definition) is 1. The molecule has 0 fully saturated rings. The predicted octanol–water partition coefficient (Wildman–Crippen LogP) is 6.91. The molecule has 0 rings (SSSR count). The number of hydrogen-bond donors (Lipinski definition) is 0. The van der Waals surface area contributed by atoms with Crippen LogP contribution in [0, 0.1) is 0 Å². The maximum Gasteiger partial charge on any atom is 0.193 e. The van der Waals surface area contributed by atoms with Gasteiger partial charge in [0.1, 0.15) is 0 Å². The second-order valence-corrected chi connectivity index (χ2v) is 12.4. The van der Waals surface area contributed by atoms with Crippen molar-refractivity contribution in [3.8, 4) is 0 Å². The average molecular weight is 365 g/mol. The molecule has 20 heavy (non-hydrogen) atoms. The van der Waals surface area contributed by atoms with E-state index < -0.39 is 8.32 Å². The molecule has 0 aromatic carbocycles. The Bertz CT molecular complexity index is 229. The lowest BCUT2D eigenvalue weighted by Crippen LogP contribution is -2.43. The lowest BCUT2D eigenvalue weighted by atomic mass is 10.1. The van der Waals surface area contributed by atoms with Crippen molar-refractivity contribution in [2.24, 2.45) is 0 Å². The molecule has 0 saturated heterocycles. The van der Waals surface area contributed by atoms with E-state index >= 15 is 0 Å². The highest BCUT2D eigenvalue weighted by atomic mass is 79.9. The summed E-state index contributed by atoms with van der Waals surface area (Å²) in [5.41, 5.74) is 0. The molecule has 0 aromatic heterocycles. The van der Waals surface area contributed by atoms with E-state index in [9.17, 15) is 0 Å². The molecule has 0 aliphatic heterocycles. The highest BCUT2D eigenvalue weighted by molar-refractivity contribution is 9.09. The van der Waals surface area contributed by atoms with E-state index in [0.29, 0.717) is 5.04 Å². The lowest BCUT2D eigenvalue weighted by Gasteiger charge is -2.38. The zero-order valence-electron chi connectivity index (χ0n) is 14.6. The molecular weight excluding hydrogens is 328 g/mol. The third-order valence-electron chi connectivity index (χ3n) is 4.67. The Morgan fingerprint density at radius 2 is 1.30 bits per heavy atom. The summed E-state index contributed by atoms with van der Waals surface area (Å²) in [5.74, 6) is 0. The highest BCUT2D eigenvalue weighted by Crippen LogP contribution is 2.39. The molecule has 0 bridgehead atoms. The van der Waals surface area contributed by atoms with Crippen molar-refractivity contribution in [1.29, 1.82) is 0 Å². The van der Waals surface area contributed by atoms with Crippen LogP contribution in [0.2, 0.25) is 18.1 Å². The minimum absolute atomic E-state index is 0.312. The fourth-order valence-electron chi connectivity index (χ4n) is 2.10. The average Bonchev–Trinajstić information content (AvgIpc) is 2.40. The van der Waals surface area contributed by atoms with Gasteiger partial charge in [-0.2, -0.15) is 0 Å². The van der Waals surface area contributed by atoms with Gasteiger partial charge in [-0.25, -0.2) is 0 Å². The first-order valence-electron chi connectivity index (χ1n) is 8.57. The Morgan fingerprint density at radius 1 is 0.850 bits per heavy atom. The van der Waals surface area contributed by atoms with E-state index in [0.717, 1.165) is 11.9 Å². The van der Waals surface area contributed by atoms with Crippen LogP contribution in [0.25, 0.3) is 0 Å². The van der Waals surface area contributed by atoms with Crippen LogP contribution in [-0.2, 0) is 4.43 Å². The van der Waals surface area contributed by atoms with Crippen molar-refractivity contribution in [2.45, 2.75) is 96.7 Å². The maximum absolute atomic E-state index is 6.25. The van der Waals surface area contributed by atoms with Gasteiger partial charge in [0.25, 0.3) is 0 Å². The number of rotatable bonds is 13. The molecule has 0 radical (unpaired) electrons. The number of alkyl halides is 1. The summed E-state index contributed by atoms with van der Waals surface area (Å²) < 4.78 is 6.25. The summed E-state index contributed by atoms with van der Waals surface area (Å²) in [5, 5.41) is 1.35. The van der Waals surface area contributed by atoms with Crippen LogP contribution < -0.4 is 0 Å². The van der Waals surface area contributed by atoms with Gasteiger partial charge < -0.3 is 4.43 Å². The maximum atomic E-state index is 6.25. The Hall–Kier alpha value is 0.657. The topological polar surface area (TPSA) is 9.23 Å². The summed E-state index contributed by atoms with van der Waals surface area (Å²) in [6.45, 7) is 12.6. The third kappa shape index (κ3) is 8.84. The van der Waals surface area contributed by atoms with Gasteiger partial charge in [0.05, 0.1) is 0 Å². The lowest BCUT2D eigenvalue weighted by molar-refractivity contribution is 0.278. The quantitative estimate of drug-likeness (QED) is 0.196. The Kier molecular flexibility index (Phi) is 11.6. The van der Waals surface area contributed by atoms with Crippen LogP contribution in [0.5, 0.6) is 0 Å². The van der Waals surface area contributed by atoms with Gasteiger partial charge in [0.2, 0.25) is 0 Å². The van der Waals surface area contributed by atoms with E-state index in [2.05, 4.69) is 49.8 Å². The molecule has 0 saturated carbocycles. The molecule has 0 amide bonds. The van der Waals surface area contributed by atoms with E-state index in [4.69, 9.17) is 4.43 Å². The van der Waals surface area contributed by atoms with Crippen LogP contribution >= 0.6 is 15.9 Å². The van der Waals surface area contributed by atoms with Crippen LogP contribution in [0.15, 0.2) is 0 Å². The second kappa shape index (κ2) is 11.3. The number of unbranched alkanes of at least 4 members (excludes halogenated alkanes) is 8. The molecule has 0 aromatic rings. The monoisotopic (exact) mass is 364 g/mol. The molecular formula is C17H37BrOSi. The normalized spacial score (nSPS) is 12.9. The van der Waals surface area contributed by atoms with Crippen LogP contribution in [0.4, 0.5) is 0 Å². The van der Waals surface area contributed by atoms with E-state index in [1.807, 2.05) is 0 Å². The van der Waals surface area contributed by atoms with Gasteiger partial charge in [-0.15, -0.1) is 0 Å². The van der Waals surface area contributed by atoms with Crippen molar-refractivity contribution in [2.75, 3.05) is 11.9 Å². The molecule has 0 N–H and O–H groups in total. The van der Waals surface area contributed by atoms with Gasteiger partial charge in [-0.3, -0.25) is 0 Å². The summed E-state index contributed by atoms with van der Waals surface area (Å²) in [6, 6.07) is 0. The molecule has 0 spiro atoms. The third-order valence-corrected chi connectivity index (χ3v) is 11.0. The van der Waals surface area contributed by atoms with Crippen molar-refractivity contribution < 1.29 is 4.43 Å². The highest BCUT2D eigenvalue weighted by Gasteiger charge is 2.39. The zero-order valence-corrected chi connectivity index (χ0v) is 17.2. The van der Waals surface area contributed by atoms with Crippen molar-refractivity contribution in [3.63, 3.8) is 0 Å². The van der Waals surface area contributed by atoms with Crippen LogP contribution in [-0.4, -0.2) is 20.3 Å². The van der Waals surface area contributed by atoms with Gasteiger partial charge in [-0.1, -0.05) is 88.1 Å². The Balaban J connectivity index is 3.48. The molecule has 122 valence electrons. The van der Waals surface area contributed by atoms with Crippen molar-refractivity contribution in [3.05, 3.63) is 0 Å². The van der Waals surface area contributed by atoms with Gasteiger partial charge in [-0.05, 0) is 24.6 Å². The standard InChI is InChI=1S/C17H37BrOSi/c1-6-7-8-9-10-11-12-13-14-15-19-20(4,5)17(2,3)16-18/h6-16H2,1-5H3. The SMILES string of the molecule is CCCCCCCCCCCO[Si](C)(C)C(C)(C)CBr. The van der Waals surface area contributed by atoms with E-state index in [1.165, 1.54) is 57.8 Å². The molecule has 0 atom stereocenters. The molecule has 0 aliphatic carbocycles. The predicted molar refractivity (Wildman–Crippen MR) is 98.5 cm³/mol.